The van der Waals surface area contributed by atoms with Gasteiger partial charge in [0.05, 0.1) is 12.7 Å². The fraction of sp³-hybridized carbons (Fsp3) is 0.818. The van der Waals surface area contributed by atoms with E-state index in [2.05, 4.69) is 6.07 Å². The molecule has 0 spiro atoms. The molecule has 1 fully saturated rings. The van der Waals surface area contributed by atoms with E-state index in [0.717, 1.165) is 6.42 Å². The minimum atomic E-state index is -0.429. The fourth-order valence-corrected chi connectivity index (χ4v) is 1.75. The predicted molar refractivity (Wildman–Crippen MR) is 52.5 cm³/mol. The van der Waals surface area contributed by atoms with Gasteiger partial charge in [-0.15, -0.1) is 0 Å². The maximum atomic E-state index is 11.8. The average molecular weight is 195 g/mol. The lowest BCUT2D eigenvalue weighted by atomic mass is 9.87. The number of carbonyl (C=O) groups is 1. The second-order valence-electron chi connectivity index (χ2n) is 4.27. The van der Waals surface area contributed by atoms with Gasteiger partial charge in [0, 0.05) is 12.5 Å². The lowest BCUT2D eigenvalue weighted by molar-refractivity contribution is -0.125. The first kappa shape index (κ1) is 11.2. The Kier molecular flexibility index (Phi) is 4.09. The van der Waals surface area contributed by atoms with E-state index in [9.17, 15) is 4.79 Å². The highest BCUT2D eigenvalue weighted by molar-refractivity contribution is 5.85. The Hall–Kier alpha value is -0.880. The zero-order valence-corrected chi connectivity index (χ0v) is 8.82. The Balaban J connectivity index is 2.51. The van der Waals surface area contributed by atoms with Crippen LogP contribution in [0.5, 0.6) is 0 Å². The summed E-state index contributed by atoms with van der Waals surface area (Å²) in [5, 5.41) is 8.89. The number of carbonyl (C=O) groups excluding carboxylic acids is 1. The molecule has 0 N–H and O–H groups in total. The SMILES string of the molecule is CC(C)CC(C#N)C(=O)C1CCOC1. The first-order chi connectivity index (χ1) is 6.65. The molecule has 1 saturated heterocycles. The van der Waals surface area contributed by atoms with E-state index < -0.39 is 5.92 Å². The Morgan fingerprint density at radius 2 is 2.36 bits per heavy atom. The smallest absolute Gasteiger partial charge is 0.155 e. The minimum Gasteiger partial charge on any atom is -0.381 e. The topological polar surface area (TPSA) is 50.1 Å². The van der Waals surface area contributed by atoms with Gasteiger partial charge in [0.2, 0.25) is 0 Å². The van der Waals surface area contributed by atoms with Gasteiger partial charge in [-0.05, 0) is 18.8 Å². The van der Waals surface area contributed by atoms with E-state index in [4.69, 9.17) is 10.00 Å². The van der Waals surface area contributed by atoms with Crippen molar-refractivity contribution in [1.29, 1.82) is 5.26 Å². The molecular formula is C11H17NO2. The number of ketones is 1. The number of hydrogen-bond acceptors (Lipinski definition) is 3. The Bertz CT molecular complexity index is 236. The first-order valence-electron chi connectivity index (χ1n) is 5.16. The van der Waals surface area contributed by atoms with Crippen LogP contribution in [0.3, 0.4) is 0 Å². The number of nitriles is 1. The summed E-state index contributed by atoms with van der Waals surface area (Å²) in [6.07, 6.45) is 1.46. The first-order valence-corrected chi connectivity index (χ1v) is 5.16. The predicted octanol–water partition coefficient (Wildman–Crippen LogP) is 1.78. The van der Waals surface area contributed by atoms with Crippen molar-refractivity contribution < 1.29 is 9.53 Å². The number of ether oxygens (including phenoxy) is 1. The van der Waals surface area contributed by atoms with Crippen LogP contribution in [-0.4, -0.2) is 19.0 Å². The molecule has 0 radical (unpaired) electrons. The summed E-state index contributed by atoms with van der Waals surface area (Å²) in [5.41, 5.74) is 0. The van der Waals surface area contributed by atoms with Crippen molar-refractivity contribution in [3.8, 4) is 6.07 Å². The number of Topliss-reactive ketones (excluding diaryl/α,β-unsaturated/α-hetero) is 1. The third-order valence-electron chi connectivity index (χ3n) is 2.54. The van der Waals surface area contributed by atoms with Gasteiger partial charge in [0.25, 0.3) is 0 Å². The van der Waals surface area contributed by atoms with E-state index in [1.165, 1.54) is 0 Å². The number of hydrogen-bond donors (Lipinski definition) is 0. The van der Waals surface area contributed by atoms with Crippen molar-refractivity contribution in [3.05, 3.63) is 0 Å². The van der Waals surface area contributed by atoms with Crippen LogP contribution in [-0.2, 0) is 9.53 Å². The van der Waals surface area contributed by atoms with E-state index in [0.29, 0.717) is 25.6 Å². The lowest BCUT2D eigenvalue weighted by Crippen LogP contribution is -2.24. The Morgan fingerprint density at radius 3 is 2.79 bits per heavy atom. The highest BCUT2D eigenvalue weighted by atomic mass is 16.5. The van der Waals surface area contributed by atoms with Crippen molar-refractivity contribution in [2.45, 2.75) is 26.7 Å². The second kappa shape index (κ2) is 5.11. The van der Waals surface area contributed by atoms with Crippen molar-refractivity contribution >= 4 is 5.78 Å². The highest BCUT2D eigenvalue weighted by Crippen LogP contribution is 2.21. The third kappa shape index (κ3) is 2.81. The van der Waals surface area contributed by atoms with Gasteiger partial charge in [0.1, 0.15) is 5.92 Å². The normalized spacial score (nSPS) is 23.4. The molecule has 3 heteroatoms. The second-order valence-corrected chi connectivity index (χ2v) is 4.27. The molecule has 0 bridgehead atoms. The van der Waals surface area contributed by atoms with Gasteiger partial charge < -0.3 is 4.74 Å². The van der Waals surface area contributed by atoms with E-state index >= 15 is 0 Å². The van der Waals surface area contributed by atoms with Crippen LogP contribution < -0.4 is 0 Å². The quantitative estimate of drug-likeness (QED) is 0.687. The van der Waals surface area contributed by atoms with E-state index in [1.54, 1.807) is 0 Å². The summed E-state index contributed by atoms with van der Waals surface area (Å²) in [6.45, 7) is 5.23. The molecule has 0 saturated carbocycles. The monoisotopic (exact) mass is 195 g/mol. The maximum absolute atomic E-state index is 11.8. The van der Waals surface area contributed by atoms with Crippen molar-refractivity contribution in [3.63, 3.8) is 0 Å². The van der Waals surface area contributed by atoms with Crippen molar-refractivity contribution in [2.24, 2.45) is 17.8 Å². The standard InChI is InChI=1S/C11H17NO2/c1-8(2)5-10(6-12)11(13)9-3-4-14-7-9/h8-10H,3-5,7H2,1-2H3. The Labute approximate surface area is 85.1 Å². The molecule has 1 aliphatic heterocycles. The summed E-state index contributed by atoms with van der Waals surface area (Å²) < 4.78 is 5.15. The molecule has 1 aliphatic rings. The van der Waals surface area contributed by atoms with Crippen LogP contribution in [0.1, 0.15) is 26.7 Å². The summed E-state index contributed by atoms with van der Waals surface area (Å²) >= 11 is 0. The molecule has 0 aromatic carbocycles. The minimum absolute atomic E-state index is 0.0293. The average Bonchev–Trinajstić information content (AvgIpc) is 2.65. The zero-order chi connectivity index (χ0) is 10.6. The number of rotatable bonds is 4. The van der Waals surface area contributed by atoms with E-state index in [-0.39, 0.29) is 11.7 Å². The molecule has 2 atom stereocenters. The lowest BCUT2D eigenvalue weighted by Gasteiger charge is -2.13. The van der Waals surface area contributed by atoms with Gasteiger partial charge in [0.15, 0.2) is 5.78 Å². The molecule has 0 aromatic heterocycles. The van der Waals surface area contributed by atoms with Crippen LogP contribution in [0.15, 0.2) is 0 Å². The van der Waals surface area contributed by atoms with Crippen molar-refractivity contribution in [1.82, 2.24) is 0 Å². The van der Waals surface area contributed by atoms with Crippen LogP contribution in [0.25, 0.3) is 0 Å². The molecule has 0 aliphatic carbocycles. The van der Waals surface area contributed by atoms with Gasteiger partial charge >= 0.3 is 0 Å². The van der Waals surface area contributed by atoms with Crippen LogP contribution >= 0.6 is 0 Å². The summed E-state index contributed by atoms with van der Waals surface area (Å²) in [7, 11) is 0. The fourth-order valence-electron chi connectivity index (χ4n) is 1.75. The third-order valence-corrected chi connectivity index (χ3v) is 2.54. The van der Waals surface area contributed by atoms with Crippen LogP contribution in [0.4, 0.5) is 0 Å². The maximum Gasteiger partial charge on any atom is 0.155 e. The molecule has 3 nitrogen and oxygen atoms in total. The van der Waals surface area contributed by atoms with E-state index in [1.807, 2.05) is 13.8 Å². The molecule has 14 heavy (non-hydrogen) atoms. The summed E-state index contributed by atoms with van der Waals surface area (Å²) in [5.74, 6) is 0.0183. The van der Waals surface area contributed by atoms with Crippen LogP contribution in [0, 0.1) is 29.1 Å². The summed E-state index contributed by atoms with van der Waals surface area (Å²) in [6, 6.07) is 2.10. The molecule has 0 amide bonds. The largest absolute Gasteiger partial charge is 0.381 e. The molecule has 0 aromatic rings. The molecular weight excluding hydrogens is 178 g/mol. The highest BCUT2D eigenvalue weighted by Gasteiger charge is 2.30. The Morgan fingerprint density at radius 1 is 1.64 bits per heavy atom. The zero-order valence-electron chi connectivity index (χ0n) is 8.82. The summed E-state index contributed by atoms with van der Waals surface area (Å²) in [4.78, 5) is 11.8. The van der Waals surface area contributed by atoms with Crippen LogP contribution in [0.2, 0.25) is 0 Å². The molecule has 1 rings (SSSR count). The van der Waals surface area contributed by atoms with Gasteiger partial charge in [-0.2, -0.15) is 5.26 Å². The van der Waals surface area contributed by atoms with Gasteiger partial charge in [-0.3, -0.25) is 4.79 Å². The molecule has 78 valence electrons. The number of nitrogens with zero attached hydrogens (tertiary/aromatic N) is 1. The van der Waals surface area contributed by atoms with Gasteiger partial charge in [-0.1, -0.05) is 13.8 Å². The van der Waals surface area contributed by atoms with Crippen molar-refractivity contribution in [2.75, 3.05) is 13.2 Å². The molecule has 2 unspecified atom stereocenters. The molecule has 1 heterocycles. The van der Waals surface area contributed by atoms with Gasteiger partial charge in [-0.25, -0.2) is 0 Å².